The summed E-state index contributed by atoms with van der Waals surface area (Å²) in [5.74, 6) is 0.676. The van der Waals surface area contributed by atoms with Crippen molar-refractivity contribution in [3.8, 4) is 6.07 Å². The second-order valence-electron chi connectivity index (χ2n) is 3.97. The summed E-state index contributed by atoms with van der Waals surface area (Å²) in [6.07, 6.45) is 1.07. The van der Waals surface area contributed by atoms with E-state index in [4.69, 9.17) is 5.26 Å². The largest absolute Gasteiger partial charge is 0.468 e. The molecule has 1 N–H and O–H groups in total. The van der Waals surface area contributed by atoms with Crippen molar-refractivity contribution in [3.05, 3.63) is 29.8 Å². The van der Waals surface area contributed by atoms with Gasteiger partial charge in [-0.15, -0.1) is 0 Å². The van der Waals surface area contributed by atoms with Gasteiger partial charge in [0.15, 0.2) is 0 Å². The Morgan fingerprint density at radius 1 is 1.45 bits per heavy atom. The Morgan fingerprint density at radius 2 is 2.25 bits per heavy atom. The van der Waals surface area contributed by atoms with Gasteiger partial charge in [0.2, 0.25) is 5.91 Å². The van der Waals surface area contributed by atoms with E-state index in [9.17, 15) is 9.59 Å². The lowest BCUT2D eigenvalue weighted by atomic mass is 10.2. The van der Waals surface area contributed by atoms with Gasteiger partial charge in [0.1, 0.15) is 0 Å². The molecule has 106 valence electrons. The lowest BCUT2D eigenvalue weighted by Crippen LogP contribution is -2.11. The van der Waals surface area contributed by atoms with Gasteiger partial charge in [0, 0.05) is 12.1 Å². The molecule has 20 heavy (non-hydrogen) atoms. The maximum atomic E-state index is 11.7. The number of esters is 1. The van der Waals surface area contributed by atoms with E-state index in [1.54, 1.807) is 24.3 Å². The molecule has 0 radical (unpaired) electrons. The van der Waals surface area contributed by atoms with Crippen LogP contribution in [0.4, 0.5) is 5.69 Å². The lowest BCUT2D eigenvalue weighted by molar-refractivity contribution is -0.137. The molecule has 1 rings (SSSR count). The number of nitrogens with zero attached hydrogens (tertiary/aromatic N) is 1. The van der Waals surface area contributed by atoms with Gasteiger partial charge in [-0.1, -0.05) is 6.07 Å². The van der Waals surface area contributed by atoms with Gasteiger partial charge in [-0.3, -0.25) is 9.59 Å². The number of carbonyl (C=O) groups is 2. The van der Waals surface area contributed by atoms with Crippen molar-refractivity contribution < 1.29 is 14.3 Å². The van der Waals surface area contributed by atoms with Gasteiger partial charge in [-0.2, -0.15) is 17.0 Å². The van der Waals surface area contributed by atoms with E-state index in [1.165, 1.54) is 18.9 Å². The molecular formula is C14H16N2O3S. The molecule has 0 fully saturated rings. The predicted molar refractivity (Wildman–Crippen MR) is 78.4 cm³/mol. The van der Waals surface area contributed by atoms with Crippen LogP contribution in [0.25, 0.3) is 0 Å². The second kappa shape index (κ2) is 8.99. The highest BCUT2D eigenvalue weighted by molar-refractivity contribution is 7.99. The Balaban J connectivity index is 2.23. The zero-order chi connectivity index (χ0) is 14.8. The fourth-order valence-corrected chi connectivity index (χ4v) is 2.22. The van der Waals surface area contributed by atoms with E-state index in [2.05, 4.69) is 10.1 Å². The molecule has 0 saturated carbocycles. The smallest absolute Gasteiger partial charge is 0.315 e. The quantitative estimate of drug-likeness (QED) is 0.615. The van der Waals surface area contributed by atoms with Gasteiger partial charge < -0.3 is 10.1 Å². The first-order valence-electron chi connectivity index (χ1n) is 6.10. The number of nitriles is 1. The van der Waals surface area contributed by atoms with Crippen LogP contribution in [0.1, 0.15) is 18.4 Å². The summed E-state index contributed by atoms with van der Waals surface area (Å²) in [4.78, 5) is 22.5. The summed E-state index contributed by atoms with van der Waals surface area (Å²) in [5, 5.41) is 11.5. The molecule has 0 unspecified atom stereocenters. The maximum absolute atomic E-state index is 11.7. The Labute approximate surface area is 122 Å². The molecule has 1 aromatic rings. The fraction of sp³-hybridized carbons (Fsp3) is 0.357. The van der Waals surface area contributed by atoms with E-state index in [0.717, 1.165) is 5.75 Å². The lowest BCUT2D eigenvalue weighted by Gasteiger charge is -2.05. The van der Waals surface area contributed by atoms with Crippen LogP contribution in [0.3, 0.4) is 0 Å². The number of anilines is 1. The van der Waals surface area contributed by atoms with E-state index in [-0.39, 0.29) is 11.9 Å². The SMILES string of the molecule is COC(=O)CSCCCC(=O)Nc1cccc(C#N)c1. The second-order valence-corrected chi connectivity index (χ2v) is 5.08. The van der Waals surface area contributed by atoms with E-state index in [0.29, 0.717) is 29.8 Å². The average molecular weight is 292 g/mol. The van der Waals surface area contributed by atoms with Crippen LogP contribution in [0.5, 0.6) is 0 Å². The molecular weight excluding hydrogens is 276 g/mol. The summed E-state index contributed by atoms with van der Waals surface area (Å²) in [6, 6.07) is 8.79. The Hall–Kier alpha value is -2.00. The molecule has 0 aromatic heterocycles. The first-order chi connectivity index (χ1) is 9.65. The van der Waals surface area contributed by atoms with Gasteiger partial charge in [-0.05, 0) is 30.4 Å². The molecule has 5 nitrogen and oxygen atoms in total. The minimum atomic E-state index is -0.257. The molecule has 0 spiro atoms. The molecule has 0 heterocycles. The molecule has 6 heteroatoms. The number of hydrogen-bond acceptors (Lipinski definition) is 5. The van der Waals surface area contributed by atoms with Crippen molar-refractivity contribution in [2.24, 2.45) is 0 Å². The highest BCUT2D eigenvalue weighted by atomic mass is 32.2. The molecule has 0 bridgehead atoms. The zero-order valence-corrected chi connectivity index (χ0v) is 12.0. The summed E-state index contributed by atoms with van der Waals surface area (Å²) in [5.41, 5.74) is 1.13. The maximum Gasteiger partial charge on any atom is 0.315 e. The molecule has 0 atom stereocenters. The third kappa shape index (κ3) is 6.25. The van der Waals surface area contributed by atoms with Crippen LogP contribution in [-0.4, -0.2) is 30.5 Å². The Morgan fingerprint density at radius 3 is 2.95 bits per heavy atom. The summed E-state index contributed by atoms with van der Waals surface area (Å²) >= 11 is 1.44. The number of nitrogens with one attached hydrogen (secondary N) is 1. The van der Waals surface area contributed by atoms with Crippen molar-refractivity contribution in [2.45, 2.75) is 12.8 Å². The van der Waals surface area contributed by atoms with Crippen molar-refractivity contribution in [2.75, 3.05) is 23.9 Å². The molecule has 0 aliphatic heterocycles. The van der Waals surface area contributed by atoms with Crippen LogP contribution in [-0.2, 0) is 14.3 Å². The predicted octanol–water partition coefficient (Wildman–Crippen LogP) is 2.18. The highest BCUT2D eigenvalue weighted by Crippen LogP contribution is 2.11. The summed E-state index contributed by atoms with van der Waals surface area (Å²) in [7, 11) is 1.35. The Bertz CT molecular complexity index is 511. The summed E-state index contributed by atoms with van der Waals surface area (Å²) in [6.45, 7) is 0. The minimum absolute atomic E-state index is 0.0984. The van der Waals surface area contributed by atoms with Gasteiger partial charge in [0.05, 0.1) is 24.5 Å². The molecule has 0 saturated heterocycles. The van der Waals surface area contributed by atoms with Gasteiger partial charge in [-0.25, -0.2) is 0 Å². The molecule has 0 aliphatic rings. The molecule has 1 aromatic carbocycles. The number of carbonyl (C=O) groups excluding carboxylic acids is 2. The van der Waals surface area contributed by atoms with Gasteiger partial charge >= 0.3 is 5.97 Å². The normalized spacial score (nSPS) is 9.60. The highest BCUT2D eigenvalue weighted by Gasteiger charge is 2.04. The number of thioether (sulfide) groups is 1. The molecule has 0 aliphatic carbocycles. The van der Waals surface area contributed by atoms with Crippen LogP contribution in [0, 0.1) is 11.3 Å². The standard InChI is InChI=1S/C14H16N2O3S/c1-19-14(18)10-20-7-3-6-13(17)16-12-5-2-4-11(8-12)9-15/h2,4-5,8H,3,6-7,10H2,1H3,(H,16,17). The zero-order valence-electron chi connectivity index (χ0n) is 11.2. The first-order valence-corrected chi connectivity index (χ1v) is 7.25. The van der Waals surface area contributed by atoms with Crippen molar-refractivity contribution in [1.82, 2.24) is 0 Å². The monoisotopic (exact) mass is 292 g/mol. The van der Waals surface area contributed by atoms with Crippen molar-refractivity contribution >= 4 is 29.3 Å². The van der Waals surface area contributed by atoms with Crippen LogP contribution in [0.2, 0.25) is 0 Å². The minimum Gasteiger partial charge on any atom is -0.468 e. The van der Waals surface area contributed by atoms with E-state index >= 15 is 0 Å². The molecule has 1 amide bonds. The van der Waals surface area contributed by atoms with Crippen LogP contribution >= 0.6 is 11.8 Å². The number of amides is 1. The first kappa shape index (κ1) is 16.1. The van der Waals surface area contributed by atoms with E-state index < -0.39 is 0 Å². The number of hydrogen-bond donors (Lipinski definition) is 1. The van der Waals surface area contributed by atoms with Crippen LogP contribution < -0.4 is 5.32 Å². The van der Waals surface area contributed by atoms with Gasteiger partial charge in [0.25, 0.3) is 0 Å². The van der Waals surface area contributed by atoms with E-state index in [1.807, 2.05) is 6.07 Å². The third-order valence-corrected chi connectivity index (χ3v) is 3.43. The van der Waals surface area contributed by atoms with Crippen molar-refractivity contribution in [1.29, 1.82) is 5.26 Å². The number of methoxy groups -OCH3 is 1. The number of ether oxygens (including phenoxy) is 1. The number of rotatable bonds is 7. The van der Waals surface area contributed by atoms with Crippen LogP contribution in [0.15, 0.2) is 24.3 Å². The fourth-order valence-electron chi connectivity index (χ4n) is 1.44. The topological polar surface area (TPSA) is 79.2 Å². The average Bonchev–Trinajstić information content (AvgIpc) is 2.46. The third-order valence-electron chi connectivity index (χ3n) is 2.42. The summed E-state index contributed by atoms with van der Waals surface area (Å²) < 4.78 is 4.51. The number of benzene rings is 1. The Kier molecular flexibility index (Phi) is 7.22. The van der Waals surface area contributed by atoms with Crippen molar-refractivity contribution in [3.63, 3.8) is 0 Å².